The zero-order valence-electron chi connectivity index (χ0n) is 19.9. The largest absolute Gasteiger partial charge is 0.493 e. The van der Waals surface area contributed by atoms with Gasteiger partial charge < -0.3 is 24.8 Å². The van der Waals surface area contributed by atoms with Gasteiger partial charge in [-0.3, -0.25) is 4.79 Å². The van der Waals surface area contributed by atoms with Gasteiger partial charge in [0.05, 0.1) is 35.4 Å². The first-order valence-corrected chi connectivity index (χ1v) is 11.0. The lowest BCUT2D eigenvalue weighted by Gasteiger charge is -2.27. The minimum atomic E-state index is -0.166. The Labute approximate surface area is 201 Å². The van der Waals surface area contributed by atoms with Gasteiger partial charge in [-0.25, -0.2) is 9.47 Å². The molecule has 1 heterocycles. The lowest BCUT2D eigenvalue weighted by molar-refractivity contribution is -0.116. The second kappa shape index (κ2) is 12.8. The van der Waals surface area contributed by atoms with Gasteiger partial charge in [0.2, 0.25) is 17.5 Å². The highest BCUT2D eigenvalue weighted by atomic mass is 32.1. The average Bonchev–Trinajstić information content (AvgIpc) is 2.84. The van der Waals surface area contributed by atoms with Crippen molar-refractivity contribution < 1.29 is 19.0 Å². The van der Waals surface area contributed by atoms with Crippen LogP contribution in [-0.4, -0.2) is 64.5 Å². The van der Waals surface area contributed by atoms with Crippen molar-refractivity contribution in [3.63, 3.8) is 0 Å². The third-order valence-electron chi connectivity index (χ3n) is 5.02. The van der Waals surface area contributed by atoms with E-state index >= 15 is 0 Å². The Bertz CT molecular complexity index is 939. The van der Waals surface area contributed by atoms with Crippen molar-refractivity contribution in [2.45, 2.75) is 12.8 Å². The molecule has 0 saturated heterocycles. The molecule has 0 fully saturated rings. The van der Waals surface area contributed by atoms with E-state index in [1.54, 1.807) is 45.7 Å². The summed E-state index contributed by atoms with van der Waals surface area (Å²) in [5.74, 6) is 2.29. The molecular formula is C24H33N4O4S+. The lowest BCUT2D eigenvalue weighted by Crippen LogP contribution is -2.53. The quantitative estimate of drug-likeness (QED) is 0.225. The molecule has 0 aliphatic rings. The molecule has 8 nitrogen and oxygen atoms in total. The van der Waals surface area contributed by atoms with Gasteiger partial charge in [-0.15, -0.1) is 0 Å². The Hall–Kier alpha value is -3.17. The van der Waals surface area contributed by atoms with Gasteiger partial charge in [-0.05, 0) is 42.7 Å². The molecule has 0 aliphatic heterocycles. The number of carbonyl (C=O) groups is 1. The minimum Gasteiger partial charge on any atom is -0.493 e. The van der Waals surface area contributed by atoms with E-state index in [0.717, 1.165) is 30.8 Å². The van der Waals surface area contributed by atoms with Crippen LogP contribution in [0.5, 0.6) is 17.2 Å². The number of quaternary nitrogens is 1. The summed E-state index contributed by atoms with van der Waals surface area (Å²) in [4.78, 5) is 16.5. The van der Waals surface area contributed by atoms with Crippen LogP contribution in [-0.2, 0) is 4.79 Å². The number of hydrogen-bond acceptors (Lipinski definition) is 6. The zero-order chi connectivity index (χ0) is 24.3. The van der Waals surface area contributed by atoms with E-state index in [1.165, 1.54) is 6.08 Å². The molecule has 0 atom stereocenters. The molecule has 1 aromatic carbocycles. The fraction of sp³-hybridized carbons (Fsp3) is 0.375. The number of aromatic nitrogens is 1. The van der Waals surface area contributed by atoms with Gasteiger partial charge >= 0.3 is 0 Å². The minimum absolute atomic E-state index is 0.166. The van der Waals surface area contributed by atoms with Crippen LogP contribution in [0.25, 0.3) is 6.08 Å². The van der Waals surface area contributed by atoms with Gasteiger partial charge in [0.25, 0.3) is 5.11 Å². The number of thiocarbonyl (C=S) groups is 1. The van der Waals surface area contributed by atoms with Crippen LogP contribution in [0.4, 0.5) is 5.82 Å². The highest BCUT2D eigenvalue weighted by molar-refractivity contribution is 7.80. The smallest absolute Gasteiger partial charge is 0.275 e. The molecule has 1 aromatic heterocycles. The highest BCUT2D eigenvalue weighted by Crippen LogP contribution is 2.38. The van der Waals surface area contributed by atoms with Crippen LogP contribution in [0.3, 0.4) is 0 Å². The Kier molecular flexibility index (Phi) is 10.1. The maximum Gasteiger partial charge on any atom is 0.275 e. The van der Waals surface area contributed by atoms with E-state index in [2.05, 4.69) is 15.6 Å². The first-order chi connectivity index (χ1) is 15.8. The van der Waals surface area contributed by atoms with E-state index in [4.69, 9.17) is 26.4 Å². The predicted molar refractivity (Wildman–Crippen MR) is 136 cm³/mol. The number of rotatable bonds is 11. The van der Waals surface area contributed by atoms with Crippen molar-refractivity contribution in [2.75, 3.05) is 48.5 Å². The molecule has 2 N–H and O–H groups in total. The van der Waals surface area contributed by atoms with Crippen molar-refractivity contribution in [1.82, 2.24) is 20.1 Å². The molecule has 9 heteroatoms. The molecule has 0 unspecified atom stereocenters. The molecule has 178 valence electrons. The normalized spacial score (nSPS) is 11.2. The molecule has 0 saturated carbocycles. The summed E-state index contributed by atoms with van der Waals surface area (Å²) in [6.07, 6.45) is 6.66. The number of carbonyl (C=O) groups excluding carboxylic acids is 1. The predicted octanol–water partition coefficient (Wildman–Crippen LogP) is 3.16. The third kappa shape index (κ3) is 7.44. The van der Waals surface area contributed by atoms with Gasteiger partial charge in [0.1, 0.15) is 0 Å². The summed E-state index contributed by atoms with van der Waals surface area (Å²) in [5.41, 5.74) is 0.769. The van der Waals surface area contributed by atoms with E-state index in [0.29, 0.717) is 33.4 Å². The summed E-state index contributed by atoms with van der Waals surface area (Å²) < 4.78 is 16.4. The Morgan fingerprint density at radius 1 is 1.03 bits per heavy atom. The van der Waals surface area contributed by atoms with Gasteiger partial charge in [0.15, 0.2) is 11.5 Å². The number of nitrogens with zero attached hydrogens (tertiary/aromatic N) is 2. The van der Waals surface area contributed by atoms with Gasteiger partial charge in [-0.1, -0.05) is 6.07 Å². The molecule has 1 amide bonds. The number of amides is 1. The maximum absolute atomic E-state index is 12.1. The Morgan fingerprint density at radius 2 is 1.67 bits per heavy atom. The third-order valence-corrected chi connectivity index (χ3v) is 5.62. The average molecular weight is 474 g/mol. The van der Waals surface area contributed by atoms with Crippen molar-refractivity contribution in [3.8, 4) is 17.2 Å². The second-order valence-electron chi connectivity index (χ2n) is 7.66. The fourth-order valence-corrected chi connectivity index (χ4v) is 3.27. The van der Waals surface area contributed by atoms with Crippen molar-refractivity contribution in [1.29, 1.82) is 0 Å². The number of benzene rings is 1. The van der Waals surface area contributed by atoms with Crippen LogP contribution >= 0.6 is 12.2 Å². The van der Waals surface area contributed by atoms with Crippen molar-refractivity contribution in [3.05, 3.63) is 48.2 Å². The van der Waals surface area contributed by atoms with E-state index in [1.807, 2.05) is 32.3 Å². The molecule has 2 rings (SSSR count). The lowest BCUT2D eigenvalue weighted by atomic mass is 10.1. The summed E-state index contributed by atoms with van der Waals surface area (Å²) >= 11 is 5.54. The zero-order valence-corrected chi connectivity index (χ0v) is 20.7. The molecule has 33 heavy (non-hydrogen) atoms. The van der Waals surface area contributed by atoms with Crippen LogP contribution in [0.1, 0.15) is 18.4 Å². The second-order valence-corrected chi connectivity index (χ2v) is 8.05. The van der Waals surface area contributed by atoms with Crippen LogP contribution < -0.4 is 29.3 Å². The number of nitrogens with one attached hydrogen (secondary N) is 2. The van der Waals surface area contributed by atoms with Crippen LogP contribution in [0, 0.1) is 0 Å². The SMILES string of the molecule is COc1cc(/C=C/C(=O)NCCCCNC(=S)[N+](C)(C)c2ccccn2)cc(OC)c1OC. The maximum atomic E-state index is 12.1. The first-order valence-electron chi connectivity index (χ1n) is 10.6. The van der Waals surface area contributed by atoms with E-state index < -0.39 is 0 Å². The summed E-state index contributed by atoms with van der Waals surface area (Å²) in [6, 6.07) is 9.35. The fourth-order valence-electron chi connectivity index (χ4n) is 3.07. The van der Waals surface area contributed by atoms with Crippen molar-refractivity contribution in [2.24, 2.45) is 0 Å². The van der Waals surface area contributed by atoms with Crippen LogP contribution in [0.15, 0.2) is 42.6 Å². The topological polar surface area (TPSA) is 81.7 Å². The molecule has 2 aromatic rings. The number of methoxy groups -OCH3 is 3. The Balaban J connectivity index is 1.74. The summed E-state index contributed by atoms with van der Waals surface area (Å²) in [6.45, 7) is 1.30. The number of ether oxygens (including phenoxy) is 3. The Morgan fingerprint density at radius 3 is 2.21 bits per heavy atom. The van der Waals surface area contributed by atoms with E-state index in [-0.39, 0.29) is 5.91 Å². The standard InChI is InChI=1S/C24H32N4O4S/c1-28(2,21-10-6-7-13-25-21)24(33)27-15-9-8-14-26-22(29)12-11-18-16-19(30-3)23(32-5)20(17-18)31-4/h6-7,10-13,16-17H,8-9,14-15H2,1-5H3,(H-,26,27,29,33)/p+1/b12-11+. The molecular weight excluding hydrogens is 440 g/mol. The highest BCUT2D eigenvalue weighted by Gasteiger charge is 2.26. The molecule has 0 aliphatic carbocycles. The summed E-state index contributed by atoms with van der Waals surface area (Å²) in [5, 5.41) is 6.88. The molecule has 0 radical (unpaired) electrons. The van der Waals surface area contributed by atoms with Gasteiger partial charge in [-0.2, -0.15) is 0 Å². The van der Waals surface area contributed by atoms with Crippen molar-refractivity contribution >= 4 is 35.1 Å². The van der Waals surface area contributed by atoms with E-state index in [9.17, 15) is 4.79 Å². The molecule has 0 bridgehead atoms. The molecule has 0 spiro atoms. The summed E-state index contributed by atoms with van der Waals surface area (Å²) in [7, 11) is 8.65. The number of hydrogen-bond donors (Lipinski definition) is 2. The monoisotopic (exact) mass is 473 g/mol. The van der Waals surface area contributed by atoms with Gasteiger partial charge in [0, 0.05) is 43.6 Å². The van der Waals surface area contributed by atoms with Crippen LogP contribution in [0.2, 0.25) is 0 Å². The first kappa shape index (κ1) is 26.1. The number of pyridine rings is 1. The number of unbranched alkanes of at least 4 members (excludes halogenated alkanes) is 1.